The lowest BCUT2D eigenvalue weighted by molar-refractivity contribution is -0.595. The molecule has 3 aromatic heterocycles. The van der Waals surface area contributed by atoms with Crippen LogP contribution >= 0.6 is 11.6 Å². The number of aliphatic hydroxyl groups is 1. The summed E-state index contributed by atoms with van der Waals surface area (Å²) in [7, 11) is 0. The van der Waals surface area contributed by atoms with Crippen molar-refractivity contribution >= 4 is 40.0 Å². The monoisotopic (exact) mass is 588 g/mol. The van der Waals surface area contributed by atoms with Crippen LogP contribution in [0.4, 0.5) is 15.9 Å². The molecular weight excluding hydrogens is 563 g/mol. The van der Waals surface area contributed by atoms with Crippen LogP contribution in [0.3, 0.4) is 0 Å². The fourth-order valence-corrected chi connectivity index (χ4v) is 5.29. The van der Waals surface area contributed by atoms with Crippen molar-refractivity contribution < 1.29 is 23.8 Å². The minimum absolute atomic E-state index is 0.139. The Balaban J connectivity index is 1.21. The van der Waals surface area contributed by atoms with Gasteiger partial charge in [-0.15, -0.1) is 0 Å². The van der Waals surface area contributed by atoms with Gasteiger partial charge in [0.2, 0.25) is 5.69 Å². The highest BCUT2D eigenvalue weighted by molar-refractivity contribution is 6.32. The van der Waals surface area contributed by atoms with Crippen LogP contribution in [0.15, 0.2) is 72.9 Å². The second-order valence-electron chi connectivity index (χ2n) is 10.1. The van der Waals surface area contributed by atoms with Crippen LogP contribution in [-0.2, 0) is 0 Å². The number of ether oxygens (including phenoxy) is 1. The van der Waals surface area contributed by atoms with Gasteiger partial charge in [0.25, 0.3) is 5.69 Å². The van der Waals surface area contributed by atoms with Gasteiger partial charge in [-0.25, -0.2) is 9.37 Å². The molecule has 0 saturated carbocycles. The molecule has 5 aromatic rings. The first-order valence-electron chi connectivity index (χ1n) is 13.3. The number of hydrogen-bond acceptors (Lipinski definition) is 7. The number of benzene rings is 2. The summed E-state index contributed by atoms with van der Waals surface area (Å²) in [5, 5.41) is 34.0. The quantitative estimate of drug-likeness (QED) is 0.174. The molecule has 1 aliphatic heterocycles. The third-order valence-electron chi connectivity index (χ3n) is 7.34. The number of rotatable bonds is 7. The van der Waals surface area contributed by atoms with Gasteiger partial charge in [0.15, 0.2) is 11.5 Å². The molecule has 2 aromatic carbocycles. The Bertz CT molecular complexity index is 1780. The number of hydrogen-bond donors (Lipinski definition) is 3. The molecule has 1 saturated heterocycles. The van der Waals surface area contributed by atoms with E-state index in [0.29, 0.717) is 50.9 Å². The first-order chi connectivity index (χ1) is 20.3. The minimum Gasteiger partial charge on any atom is -0.618 e. The molecule has 2 unspecified atom stereocenters. The van der Waals surface area contributed by atoms with Crippen molar-refractivity contribution in [1.82, 2.24) is 15.2 Å². The number of amides is 1. The molecule has 2 atom stereocenters. The number of nitrogens with one attached hydrogen (secondary N) is 2. The number of nitrogens with zero attached hydrogens (tertiary/aromatic N) is 4. The molecule has 4 heterocycles. The molecule has 1 amide bonds. The number of pyridine rings is 2. The van der Waals surface area contributed by atoms with Crippen LogP contribution in [0.1, 0.15) is 23.8 Å². The van der Waals surface area contributed by atoms with E-state index in [0.717, 1.165) is 13.0 Å². The maximum atomic E-state index is 13.3. The molecule has 12 heteroatoms. The largest absolute Gasteiger partial charge is 0.618 e. The van der Waals surface area contributed by atoms with Gasteiger partial charge in [-0.3, -0.25) is 9.89 Å². The minimum atomic E-state index is -0.640. The van der Waals surface area contributed by atoms with Crippen molar-refractivity contribution in [1.29, 1.82) is 0 Å². The number of H-pyrrole nitrogens is 1. The molecule has 6 rings (SSSR count). The van der Waals surface area contributed by atoms with E-state index < -0.39 is 17.8 Å². The lowest BCUT2D eigenvalue weighted by Gasteiger charge is -2.18. The van der Waals surface area contributed by atoms with Crippen LogP contribution in [0, 0.1) is 16.9 Å². The van der Waals surface area contributed by atoms with E-state index in [1.54, 1.807) is 43.5 Å². The fraction of sp³-hybridized carbons (Fsp3) is 0.200. The zero-order valence-corrected chi connectivity index (χ0v) is 23.2. The van der Waals surface area contributed by atoms with Crippen LogP contribution in [0.25, 0.3) is 22.3 Å². The highest BCUT2D eigenvalue weighted by atomic mass is 35.5. The van der Waals surface area contributed by atoms with Crippen LogP contribution in [0.2, 0.25) is 5.02 Å². The summed E-state index contributed by atoms with van der Waals surface area (Å²) in [5.41, 5.74) is 1.46. The summed E-state index contributed by atoms with van der Waals surface area (Å²) in [5.74, 6) is 0.605. The Morgan fingerprint density at radius 3 is 2.76 bits per heavy atom. The van der Waals surface area contributed by atoms with Gasteiger partial charge in [0.05, 0.1) is 11.1 Å². The lowest BCUT2D eigenvalue weighted by atomic mass is 10.0. The van der Waals surface area contributed by atoms with E-state index in [1.807, 2.05) is 0 Å². The van der Waals surface area contributed by atoms with Crippen molar-refractivity contribution in [3.63, 3.8) is 0 Å². The number of carbonyl (C=O) groups excluding carboxylic acids is 1. The smallest absolute Gasteiger partial charge is 0.321 e. The zero-order chi connectivity index (χ0) is 29.4. The van der Waals surface area contributed by atoms with E-state index in [4.69, 9.17) is 16.3 Å². The highest BCUT2D eigenvalue weighted by Crippen LogP contribution is 2.39. The van der Waals surface area contributed by atoms with Crippen molar-refractivity contribution in [3.8, 4) is 22.8 Å². The van der Waals surface area contributed by atoms with E-state index in [-0.39, 0.29) is 22.3 Å². The molecule has 0 spiro atoms. The first-order valence-corrected chi connectivity index (χ1v) is 13.7. The number of aromatic nitrogens is 4. The molecule has 1 aliphatic rings. The number of aliphatic hydroxyl groups excluding tert-OH is 1. The van der Waals surface area contributed by atoms with Crippen molar-refractivity contribution in [2.24, 2.45) is 5.92 Å². The molecule has 42 heavy (non-hydrogen) atoms. The van der Waals surface area contributed by atoms with Gasteiger partial charge < -0.3 is 25.3 Å². The number of anilines is 2. The Morgan fingerprint density at radius 1 is 1.21 bits per heavy atom. The molecule has 214 valence electrons. The Morgan fingerprint density at radius 2 is 2.02 bits per heavy atom. The van der Waals surface area contributed by atoms with E-state index in [9.17, 15) is 19.5 Å². The summed E-state index contributed by atoms with van der Waals surface area (Å²) >= 11 is 6.55. The molecule has 0 bridgehead atoms. The van der Waals surface area contributed by atoms with E-state index in [1.165, 1.54) is 36.4 Å². The average Bonchev–Trinajstić information content (AvgIpc) is 3.63. The van der Waals surface area contributed by atoms with E-state index >= 15 is 0 Å². The summed E-state index contributed by atoms with van der Waals surface area (Å²) in [6.45, 7) is 3.21. The summed E-state index contributed by atoms with van der Waals surface area (Å²) in [4.78, 5) is 19.5. The number of fused-ring (bicyclic) bond motifs is 1. The molecule has 3 N–H and O–H groups in total. The Labute approximate surface area is 244 Å². The SMILES string of the molecule is CC(O)C1CCN(c2n[nH]c3nccc(Oc4ccc(NC(=O)c5cccc(-c6ccc(F)cc6)[n+]5[O-])cc4Cl)c23)C1. The van der Waals surface area contributed by atoms with Gasteiger partial charge in [0.1, 0.15) is 22.7 Å². The van der Waals surface area contributed by atoms with Crippen molar-refractivity contribution in [2.45, 2.75) is 19.4 Å². The zero-order valence-electron chi connectivity index (χ0n) is 22.4. The van der Waals surface area contributed by atoms with Gasteiger partial charge in [-0.05, 0) is 61.9 Å². The third-order valence-corrected chi connectivity index (χ3v) is 7.63. The average molecular weight is 589 g/mol. The van der Waals surface area contributed by atoms with Gasteiger partial charge in [-0.2, -0.15) is 9.83 Å². The second-order valence-corrected chi connectivity index (χ2v) is 10.5. The molecule has 0 aliphatic carbocycles. The number of aromatic amines is 1. The highest BCUT2D eigenvalue weighted by Gasteiger charge is 2.30. The topological polar surface area (TPSA) is 130 Å². The van der Waals surface area contributed by atoms with Crippen molar-refractivity contribution in [2.75, 3.05) is 23.3 Å². The van der Waals surface area contributed by atoms with Crippen molar-refractivity contribution in [3.05, 3.63) is 94.7 Å². The molecule has 10 nitrogen and oxygen atoms in total. The third kappa shape index (κ3) is 5.31. The lowest BCUT2D eigenvalue weighted by Crippen LogP contribution is -2.38. The molecular formula is C30H26ClFN6O4. The predicted molar refractivity (Wildman–Crippen MR) is 156 cm³/mol. The van der Waals surface area contributed by atoms with Gasteiger partial charge in [0, 0.05) is 54.7 Å². The first kappa shape index (κ1) is 27.4. The fourth-order valence-electron chi connectivity index (χ4n) is 5.07. The van der Waals surface area contributed by atoms with Crippen LogP contribution in [0.5, 0.6) is 11.5 Å². The molecule has 0 radical (unpaired) electrons. The summed E-state index contributed by atoms with van der Waals surface area (Å²) in [6, 6.07) is 16.4. The van der Waals surface area contributed by atoms with Gasteiger partial charge in [-0.1, -0.05) is 11.6 Å². The van der Waals surface area contributed by atoms with Crippen LogP contribution in [-0.4, -0.2) is 45.4 Å². The summed E-state index contributed by atoms with van der Waals surface area (Å²) < 4.78 is 20.0. The number of carbonyl (C=O) groups is 1. The van der Waals surface area contributed by atoms with Crippen LogP contribution < -0.4 is 19.7 Å². The normalized spacial score (nSPS) is 15.6. The second kappa shape index (κ2) is 11.3. The summed E-state index contributed by atoms with van der Waals surface area (Å²) in [6.07, 6.45) is 2.04. The molecule has 1 fully saturated rings. The predicted octanol–water partition coefficient (Wildman–Crippen LogP) is 5.30. The Kier molecular flexibility index (Phi) is 7.36. The van der Waals surface area contributed by atoms with Gasteiger partial charge >= 0.3 is 5.91 Å². The standard InChI is InChI=1S/C30H26ClFN6O4/c1-17(39)19-12-14-37(16-19)29-27-26(11-13-33-28(27)35-36-29)42-25-10-9-21(15-22(25)31)34-30(40)24-4-2-3-23(38(24)41)18-5-7-20(32)8-6-18/h2-11,13,15,17,19,39H,12,14,16H2,1H3,(H,34,40)(H,33,35,36). The maximum absolute atomic E-state index is 13.3. The maximum Gasteiger partial charge on any atom is 0.321 e. The number of halogens is 2. The Hall–Kier alpha value is -4.74. The van der Waals surface area contributed by atoms with E-state index in [2.05, 4.69) is 25.4 Å².